The van der Waals surface area contributed by atoms with Crippen LogP contribution in [0.3, 0.4) is 0 Å². The van der Waals surface area contributed by atoms with Gasteiger partial charge in [0.05, 0.1) is 11.6 Å². The molecule has 0 radical (unpaired) electrons. The molecule has 25 heavy (non-hydrogen) atoms. The van der Waals surface area contributed by atoms with E-state index in [9.17, 15) is 9.59 Å². The van der Waals surface area contributed by atoms with Crippen molar-refractivity contribution >= 4 is 40.5 Å². The monoisotopic (exact) mass is 382 g/mol. The zero-order valence-electron chi connectivity index (χ0n) is 14.0. The molecule has 0 saturated carbocycles. The van der Waals surface area contributed by atoms with E-state index in [2.05, 4.69) is 6.92 Å². The topological polar surface area (TPSA) is 63.6 Å². The standard InChI is InChI=1S/C19H20Cl2O4/c1-2-19-6-5-12(22)9-13(19)16-11(10-19)8-14(17(20)18(16)21)25-7-3-4-15(23)24/h8-9H,2-7,10H2,1H3,(H,23,24). The number of ether oxygens (including phenoxy) is 1. The lowest BCUT2D eigenvalue weighted by atomic mass is 9.71. The van der Waals surface area contributed by atoms with Crippen molar-refractivity contribution in [3.05, 3.63) is 33.3 Å². The van der Waals surface area contributed by atoms with Crippen LogP contribution in [0.4, 0.5) is 0 Å². The molecule has 0 saturated heterocycles. The van der Waals surface area contributed by atoms with Crippen molar-refractivity contribution < 1.29 is 19.4 Å². The van der Waals surface area contributed by atoms with E-state index >= 15 is 0 Å². The molecule has 3 rings (SSSR count). The third kappa shape index (κ3) is 3.30. The summed E-state index contributed by atoms with van der Waals surface area (Å²) in [6.45, 7) is 2.40. The van der Waals surface area contributed by atoms with Crippen molar-refractivity contribution in [2.45, 2.75) is 45.4 Å². The van der Waals surface area contributed by atoms with Crippen LogP contribution in [0.25, 0.3) is 5.57 Å². The van der Waals surface area contributed by atoms with Crippen LogP contribution in [0.2, 0.25) is 10.0 Å². The second kappa shape index (κ2) is 7.00. The largest absolute Gasteiger partial charge is 0.492 e. The van der Waals surface area contributed by atoms with Gasteiger partial charge in [0, 0.05) is 23.8 Å². The van der Waals surface area contributed by atoms with Crippen LogP contribution in [0.5, 0.6) is 5.75 Å². The van der Waals surface area contributed by atoms with Gasteiger partial charge in [-0.1, -0.05) is 30.1 Å². The first-order valence-corrected chi connectivity index (χ1v) is 9.24. The Morgan fingerprint density at radius 1 is 1.36 bits per heavy atom. The van der Waals surface area contributed by atoms with E-state index in [-0.39, 0.29) is 24.2 Å². The number of fused-ring (bicyclic) bond motifs is 3. The van der Waals surface area contributed by atoms with Gasteiger partial charge in [-0.3, -0.25) is 9.59 Å². The molecule has 6 heteroatoms. The minimum Gasteiger partial charge on any atom is -0.492 e. The van der Waals surface area contributed by atoms with Gasteiger partial charge in [-0.15, -0.1) is 0 Å². The maximum absolute atomic E-state index is 11.9. The number of carbonyl (C=O) groups excluding carboxylic acids is 1. The second-order valence-electron chi connectivity index (χ2n) is 6.72. The molecule has 0 heterocycles. The molecule has 4 nitrogen and oxygen atoms in total. The van der Waals surface area contributed by atoms with Crippen LogP contribution in [0, 0.1) is 5.41 Å². The molecule has 0 amide bonds. The Kier molecular flexibility index (Phi) is 5.12. The molecule has 1 N–H and O–H groups in total. The number of hydrogen-bond acceptors (Lipinski definition) is 3. The average molecular weight is 383 g/mol. The Bertz CT molecular complexity index is 769. The van der Waals surface area contributed by atoms with Crippen molar-refractivity contribution in [2.24, 2.45) is 5.41 Å². The van der Waals surface area contributed by atoms with Crippen LogP contribution in [0.1, 0.15) is 50.2 Å². The molecular weight excluding hydrogens is 363 g/mol. The number of rotatable bonds is 6. The summed E-state index contributed by atoms with van der Waals surface area (Å²) in [5, 5.41) is 9.44. The predicted molar refractivity (Wildman–Crippen MR) is 97.5 cm³/mol. The number of halogens is 2. The Morgan fingerprint density at radius 2 is 2.12 bits per heavy atom. The Morgan fingerprint density at radius 3 is 2.80 bits per heavy atom. The minimum atomic E-state index is -0.854. The maximum atomic E-state index is 11.9. The van der Waals surface area contributed by atoms with E-state index in [1.54, 1.807) is 6.08 Å². The first-order chi connectivity index (χ1) is 11.9. The van der Waals surface area contributed by atoms with Gasteiger partial charge < -0.3 is 9.84 Å². The van der Waals surface area contributed by atoms with Crippen LogP contribution < -0.4 is 4.74 Å². The summed E-state index contributed by atoms with van der Waals surface area (Å²) in [6, 6.07) is 1.89. The number of benzene rings is 1. The molecule has 1 unspecified atom stereocenters. The van der Waals surface area contributed by atoms with E-state index in [0.29, 0.717) is 28.6 Å². The highest BCUT2D eigenvalue weighted by atomic mass is 35.5. The fraction of sp³-hybridized carbons (Fsp3) is 0.474. The lowest BCUT2D eigenvalue weighted by molar-refractivity contribution is -0.137. The fourth-order valence-corrected chi connectivity index (χ4v) is 4.37. The zero-order chi connectivity index (χ0) is 18.2. The van der Waals surface area contributed by atoms with Gasteiger partial charge >= 0.3 is 5.97 Å². The van der Waals surface area contributed by atoms with Crippen LogP contribution in [-0.2, 0) is 16.0 Å². The molecule has 1 aromatic carbocycles. The minimum absolute atomic E-state index is 0.0459. The highest BCUT2D eigenvalue weighted by molar-refractivity contribution is 6.44. The Balaban J connectivity index is 1.93. The highest BCUT2D eigenvalue weighted by Crippen LogP contribution is 2.57. The number of hydrogen-bond donors (Lipinski definition) is 1. The van der Waals surface area contributed by atoms with E-state index in [1.165, 1.54) is 0 Å². The van der Waals surface area contributed by atoms with Gasteiger partial charge in [0.25, 0.3) is 0 Å². The van der Waals surface area contributed by atoms with Crippen molar-refractivity contribution in [1.29, 1.82) is 0 Å². The summed E-state index contributed by atoms with van der Waals surface area (Å²) in [6.07, 6.45) is 5.32. The lowest BCUT2D eigenvalue weighted by Crippen LogP contribution is -2.24. The molecular formula is C19H20Cl2O4. The van der Waals surface area contributed by atoms with Crippen LogP contribution in [0.15, 0.2) is 12.1 Å². The van der Waals surface area contributed by atoms with Gasteiger partial charge in [-0.2, -0.15) is 0 Å². The predicted octanol–water partition coefficient (Wildman–Crippen LogP) is 4.94. The summed E-state index contributed by atoms with van der Waals surface area (Å²) >= 11 is 12.9. The molecule has 0 aromatic heterocycles. The summed E-state index contributed by atoms with van der Waals surface area (Å²) in [5.41, 5.74) is 2.88. The van der Waals surface area contributed by atoms with E-state index in [4.69, 9.17) is 33.0 Å². The average Bonchev–Trinajstić information content (AvgIpc) is 2.89. The van der Waals surface area contributed by atoms with Gasteiger partial charge in [0.15, 0.2) is 5.78 Å². The summed E-state index contributed by atoms with van der Waals surface area (Å²) < 4.78 is 5.67. The van der Waals surface area contributed by atoms with Crippen LogP contribution >= 0.6 is 23.2 Å². The van der Waals surface area contributed by atoms with E-state index < -0.39 is 5.97 Å². The Hall–Kier alpha value is -1.52. The number of carboxylic acid groups (broad SMARTS) is 1. The van der Waals surface area contributed by atoms with E-state index in [0.717, 1.165) is 36.0 Å². The van der Waals surface area contributed by atoms with Gasteiger partial charge in [-0.25, -0.2) is 0 Å². The number of ketones is 1. The van der Waals surface area contributed by atoms with Crippen molar-refractivity contribution in [2.75, 3.05) is 6.61 Å². The molecule has 1 aromatic rings. The fourth-order valence-electron chi connectivity index (χ4n) is 3.85. The first-order valence-electron chi connectivity index (χ1n) is 8.49. The van der Waals surface area contributed by atoms with Gasteiger partial charge in [0.2, 0.25) is 0 Å². The maximum Gasteiger partial charge on any atom is 0.303 e. The number of carboxylic acids is 1. The SMILES string of the molecule is CCC12CCC(=O)C=C1c1c(cc(OCCCC(=O)O)c(Cl)c1Cl)C2. The normalized spacial score (nSPS) is 21.6. The number of allylic oxidation sites excluding steroid dienone is 2. The van der Waals surface area contributed by atoms with E-state index in [1.807, 2.05) is 6.07 Å². The summed E-state index contributed by atoms with van der Waals surface area (Å²) in [7, 11) is 0. The molecule has 0 bridgehead atoms. The molecule has 2 aliphatic rings. The smallest absolute Gasteiger partial charge is 0.303 e. The molecule has 0 aliphatic heterocycles. The quantitative estimate of drug-likeness (QED) is 0.707. The highest BCUT2D eigenvalue weighted by Gasteiger charge is 2.44. The third-order valence-electron chi connectivity index (χ3n) is 5.25. The van der Waals surface area contributed by atoms with Crippen molar-refractivity contribution in [3.8, 4) is 5.75 Å². The number of aliphatic carboxylic acids is 1. The van der Waals surface area contributed by atoms with Crippen molar-refractivity contribution in [1.82, 2.24) is 0 Å². The van der Waals surface area contributed by atoms with Gasteiger partial charge in [-0.05, 0) is 49.0 Å². The summed E-state index contributed by atoms with van der Waals surface area (Å²) in [5.74, 6) is -0.243. The number of carbonyl (C=O) groups is 2. The molecule has 0 fully saturated rings. The second-order valence-corrected chi connectivity index (χ2v) is 7.47. The Labute approximate surface area is 156 Å². The molecule has 0 spiro atoms. The molecule has 134 valence electrons. The molecule has 1 atom stereocenters. The zero-order valence-corrected chi connectivity index (χ0v) is 15.5. The third-order valence-corrected chi connectivity index (χ3v) is 6.10. The molecule has 2 aliphatic carbocycles. The first kappa shape index (κ1) is 18.3. The van der Waals surface area contributed by atoms with Crippen LogP contribution in [-0.4, -0.2) is 23.5 Å². The van der Waals surface area contributed by atoms with Crippen molar-refractivity contribution in [3.63, 3.8) is 0 Å². The lowest BCUT2D eigenvalue weighted by Gasteiger charge is -2.32. The summed E-state index contributed by atoms with van der Waals surface area (Å²) in [4.78, 5) is 22.5. The van der Waals surface area contributed by atoms with Gasteiger partial charge in [0.1, 0.15) is 10.8 Å².